The highest BCUT2D eigenvalue weighted by atomic mass is 16.5. The Morgan fingerprint density at radius 3 is 2.44 bits per heavy atom. The van der Waals surface area contributed by atoms with E-state index in [-0.39, 0.29) is 23.4 Å². The van der Waals surface area contributed by atoms with Gasteiger partial charge in [-0.3, -0.25) is 9.59 Å². The van der Waals surface area contributed by atoms with E-state index in [2.05, 4.69) is 25.8 Å². The number of carbonyl (C=O) groups excluding carboxylic acids is 1. The molecule has 0 saturated carbocycles. The van der Waals surface area contributed by atoms with Crippen LogP contribution >= 0.6 is 0 Å². The second-order valence-electron chi connectivity index (χ2n) is 6.95. The summed E-state index contributed by atoms with van der Waals surface area (Å²) in [5, 5.41) is 0. The molecule has 0 spiro atoms. The van der Waals surface area contributed by atoms with Gasteiger partial charge in [-0.05, 0) is 47.2 Å². The first-order valence-corrected chi connectivity index (χ1v) is 8.24. The molecule has 0 atom stereocenters. The van der Waals surface area contributed by atoms with E-state index in [0.29, 0.717) is 12.0 Å². The van der Waals surface area contributed by atoms with Gasteiger partial charge in [0.15, 0.2) is 0 Å². The molecule has 0 fully saturated rings. The minimum Gasteiger partial charge on any atom is -0.496 e. The monoisotopic (exact) mass is 343 g/mol. The Kier molecular flexibility index (Phi) is 5.67. The zero-order valence-corrected chi connectivity index (χ0v) is 15.4. The number of aromatic amines is 1. The Balaban J connectivity index is 2.65. The van der Waals surface area contributed by atoms with E-state index in [4.69, 9.17) is 9.47 Å². The molecule has 5 nitrogen and oxygen atoms in total. The lowest BCUT2D eigenvalue weighted by atomic mass is 9.82. The van der Waals surface area contributed by atoms with Crippen LogP contribution in [0, 0.1) is 0 Å². The van der Waals surface area contributed by atoms with Crippen LogP contribution < -0.4 is 10.3 Å². The molecule has 5 heteroatoms. The summed E-state index contributed by atoms with van der Waals surface area (Å²) in [4.78, 5) is 26.6. The minimum atomic E-state index is -0.285. The molecule has 1 aromatic heterocycles. The molecule has 1 heterocycles. The van der Waals surface area contributed by atoms with Crippen LogP contribution in [0.5, 0.6) is 5.75 Å². The molecule has 0 aliphatic heterocycles. The third-order valence-electron chi connectivity index (χ3n) is 4.17. The van der Waals surface area contributed by atoms with E-state index in [0.717, 1.165) is 22.4 Å². The number of benzene rings is 1. The van der Waals surface area contributed by atoms with Crippen molar-refractivity contribution in [1.29, 1.82) is 0 Å². The molecular weight excluding hydrogens is 318 g/mol. The lowest BCUT2D eigenvalue weighted by Crippen LogP contribution is -2.15. The summed E-state index contributed by atoms with van der Waals surface area (Å²) in [6.07, 6.45) is 2.32. The predicted octanol–water partition coefficient (Wildman–Crippen LogP) is 3.45. The summed E-state index contributed by atoms with van der Waals surface area (Å²) < 4.78 is 10.3. The number of hydrogen-bond acceptors (Lipinski definition) is 4. The zero-order valence-electron chi connectivity index (χ0n) is 15.4. The SMILES string of the molecule is COC(=O)CCc1cc(OC)c(C(C)(C)C)cc1-c1ccc[nH]c1=O. The number of rotatable bonds is 5. The number of carbonyl (C=O) groups is 1. The first kappa shape index (κ1) is 18.8. The first-order chi connectivity index (χ1) is 11.8. The van der Waals surface area contributed by atoms with Crippen molar-refractivity contribution in [2.45, 2.75) is 39.0 Å². The third kappa shape index (κ3) is 4.29. The number of hydrogen-bond donors (Lipinski definition) is 1. The standard InChI is InChI=1S/C20H25NO4/c1-20(2,3)16-12-15(14-7-6-10-21-19(14)23)13(11-17(16)24-4)8-9-18(22)25-5/h6-7,10-12H,8-9H2,1-5H3,(H,21,23). The Hall–Kier alpha value is -2.56. The Morgan fingerprint density at radius 1 is 1.16 bits per heavy atom. The van der Waals surface area contributed by atoms with Gasteiger partial charge in [0.2, 0.25) is 0 Å². The van der Waals surface area contributed by atoms with Crippen molar-refractivity contribution >= 4 is 5.97 Å². The van der Waals surface area contributed by atoms with Gasteiger partial charge in [0.05, 0.1) is 14.2 Å². The summed E-state index contributed by atoms with van der Waals surface area (Å²) in [5.74, 6) is 0.468. The largest absolute Gasteiger partial charge is 0.496 e. The van der Waals surface area contributed by atoms with Gasteiger partial charge >= 0.3 is 5.97 Å². The Labute approximate surface area is 148 Å². The Bertz CT molecular complexity index is 815. The van der Waals surface area contributed by atoms with Gasteiger partial charge in [-0.1, -0.05) is 20.8 Å². The minimum absolute atomic E-state index is 0.150. The lowest BCUT2D eigenvalue weighted by Gasteiger charge is -2.24. The summed E-state index contributed by atoms with van der Waals surface area (Å²) in [7, 11) is 3.00. The number of pyridine rings is 1. The molecule has 0 saturated heterocycles. The number of ether oxygens (including phenoxy) is 2. The molecule has 25 heavy (non-hydrogen) atoms. The van der Waals surface area contributed by atoms with Crippen molar-refractivity contribution in [1.82, 2.24) is 4.98 Å². The molecule has 0 aliphatic rings. The quantitative estimate of drug-likeness (QED) is 0.844. The van der Waals surface area contributed by atoms with Crippen LogP contribution in [0.3, 0.4) is 0 Å². The number of H-pyrrole nitrogens is 1. The van der Waals surface area contributed by atoms with Gasteiger partial charge in [0.25, 0.3) is 5.56 Å². The van der Waals surface area contributed by atoms with Crippen molar-refractivity contribution < 1.29 is 14.3 Å². The van der Waals surface area contributed by atoms with E-state index in [1.807, 2.05) is 12.1 Å². The van der Waals surface area contributed by atoms with Gasteiger partial charge in [0.1, 0.15) is 5.75 Å². The van der Waals surface area contributed by atoms with Crippen molar-refractivity contribution in [3.63, 3.8) is 0 Å². The molecule has 2 aromatic rings. The van der Waals surface area contributed by atoms with E-state index in [1.54, 1.807) is 25.4 Å². The van der Waals surface area contributed by atoms with Gasteiger partial charge < -0.3 is 14.5 Å². The normalized spacial score (nSPS) is 11.2. The van der Waals surface area contributed by atoms with Crippen LogP contribution in [0.1, 0.15) is 38.3 Å². The number of nitrogens with one attached hydrogen (secondary N) is 1. The molecule has 0 unspecified atom stereocenters. The fourth-order valence-corrected chi connectivity index (χ4v) is 2.81. The smallest absolute Gasteiger partial charge is 0.305 e. The van der Waals surface area contributed by atoms with Crippen LogP contribution in [-0.4, -0.2) is 25.2 Å². The zero-order chi connectivity index (χ0) is 18.6. The molecule has 134 valence electrons. The van der Waals surface area contributed by atoms with Gasteiger partial charge in [0, 0.05) is 23.7 Å². The topological polar surface area (TPSA) is 68.4 Å². The van der Waals surface area contributed by atoms with Crippen molar-refractivity contribution in [3.05, 3.63) is 51.9 Å². The second-order valence-corrected chi connectivity index (χ2v) is 6.95. The summed E-state index contributed by atoms with van der Waals surface area (Å²) in [6.45, 7) is 6.29. The van der Waals surface area contributed by atoms with E-state index >= 15 is 0 Å². The molecule has 0 bridgehead atoms. The molecule has 1 N–H and O–H groups in total. The fraction of sp³-hybridized carbons (Fsp3) is 0.400. The highest BCUT2D eigenvalue weighted by Gasteiger charge is 2.22. The van der Waals surface area contributed by atoms with E-state index in [1.165, 1.54) is 7.11 Å². The Morgan fingerprint density at radius 2 is 1.88 bits per heavy atom. The van der Waals surface area contributed by atoms with Crippen molar-refractivity contribution in [2.75, 3.05) is 14.2 Å². The highest BCUT2D eigenvalue weighted by Crippen LogP contribution is 2.37. The van der Waals surface area contributed by atoms with Crippen molar-refractivity contribution in [2.24, 2.45) is 0 Å². The predicted molar refractivity (Wildman–Crippen MR) is 98.1 cm³/mol. The van der Waals surface area contributed by atoms with Crippen LogP contribution in [-0.2, 0) is 21.4 Å². The maximum absolute atomic E-state index is 12.3. The number of esters is 1. The number of methoxy groups -OCH3 is 2. The van der Waals surface area contributed by atoms with Crippen molar-refractivity contribution in [3.8, 4) is 16.9 Å². The molecule has 0 aliphatic carbocycles. The van der Waals surface area contributed by atoms with Crippen LogP contribution in [0.15, 0.2) is 35.3 Å². The number of aromatic nitrogens is 1. The third-order valence-corrected chi connectivity index (χ3v) is 4.17. The molecular formula is C20H25NO4. The molecule has 2 rings (SSSR count). The highest BCUT2D eigenvalue weighted by molar-refractivity contribution is 5.73. The van der Waals surface area contributed by atoms with E-state index < -0.39 is 0 Å². The van der Waals surface area contributed by atoms with Gasteiger partial charge in [-0.15, -0.1) is 0 Å². The number of aryl methyl sites for hydroxylation is 1. The first-order valence-electron chi connectivity index (χ1n) is 8.24. The molecule has 0 amide bonds. The van der Waals surface area contributed by atoms with Crippen LogP contribution in [0.2, 0.25) is 0 Å². The summed E-state index contributed by atoms with van der Waals surface area (Å²) >= 11 is 0. The molecule has 1 aromatic carbocycles. The molecule has 0 radical (unpaired) electrons. The summed E-state index contributed by atoms with van der Waals surface area (Å²) in [6, 6.07) is 7.50. The second kappa shape index (κ2) is 7.55. The average Bonchev–Trinajstić information content (AvgIpc) is 2.58. The van der Waals surface area contributed by atoms with Crippen LogP contribution in [0.4, 0.5) is 0 Å². The van der Waals surface area contributed by atoms with E-state index in [9.17, 15) is 9.59 Å². The van der Waals surface area contributed by atoms with Crippen LogP contribution in [0.25, 0.3) is 11.1 Å². The van der Waals surface area contributed by atoms with Gasteiger partial charge in [-0.2, -0.15) is 0 Å². The lowest BCUT2D eigenvalue weighted by molar-refractivity contribution is -0.140. The average molecular weight is 343 g/mol. The maximum atomic E-state index is 12.3. The summed E-state index contributed by atoms with van der Waals surface area (Å²) in [5.41, 5.74) is 2.98. The fourth-order valence-electron chi connectivity index (χ4n) is 2.81. The van der Waals surface area contributed by atoms with Gasteiger partial charge in [-0.25, -0.2) is 0 Å². The maximum Gasteiger partial charge on any atom is 0.305 e.